The highest BCUT2D eigenvalue weighted by Crippen LogP contribution is 2.38. The first-order valence-corrected chi connectivity index (χ1v) is 11.5. The van der Waals surface area contributed by atoms with Crippen molar-refractivity contribution in [2.24, 2.45) is 11.8 Å². The molecule has 1 N–H and O–H groups in total. The van der Waals surface area contributed by atoms with Crippen LogP contribution in [0.25, 0.3) is 0 Å². The molecule has 0 saturated heterocycles. The number of carboxylic acid groups (broad SMARTS) is 1. The molecular formula is C24H27F4N3O3. The number of carbonyl (C=O) groups is 2. The Balaban J connectivity index is 1.54. The minimum absolute atomic E-state index is 0.0211. The molecule has 10 heteroatoms. The molecule has 1 unspecified atom stereocenters. The van der Waals surface area contributed by atoms with Crippen LogP contribution in [0.5, 0.6) is 0 Å². The van der Waals surface area contributed by atoms with Crippen molar-refractivity contribution in [2.75, 3.05) is 6.54 Å². The highest BCUT2D eigenvalue weighted by molar-refractivity contribution is 5.77. The van der Waals surface area contributed by atoms with Crippen LogP contribution < -0.4 is 0 Å². The highest BCUT2D eigenvalue weighted by atomic mass is 19.4. The van der Waals surface area contributed by atoms with E-state index in [4.69, 9.17) is 5.11 Å². The van der Waals surface area contributed by atoms with Gasteiger partial charge in [-0.05, 0) is 62.6 Å². The SMILES string of the molecule is CC(c1ccc(F)cc1)n1nc(C(F)(F)F)c2c1CN(C(=O)CC1CCC(C(=O)O)CC1)CC2. The summed E-state index contributed by atoms with van der Waals surface area (Å²) in [6.07, 6.45) is -1.93. The Morgan fingerprint density at radius 3 is 2.38 bits per heavy atom. The lowest BCUT2D eigenvalue weighted by atomic mass is 9.80. The third-order valence-electron chi connectivity index (χ3n) is 7.09. The van der Waals surface area contributed by atoms with Gasteiger partial charge in [-0.2, -0.15) is 18.3 Å². The summed E-state index contributed by atoms with van der Waals surface area (Å²) in [5.74, 6) is -1.67. The van der Waals surface area contributed by atoms with Gasteiger partial charge < -0.3 is 10.0 Å². The Morgan fingerprint density at radius 1 is 1.15 bits per heavy atom. The van der Waals surface area contributed by atoms with Crippen LogP contribution in [0.15, 0.2) is 24.3 Å². The number of aromatic nitrogens is 2. The molecule has 0 bridgehead atoms. The van der Waals surface area contributed by atoms with E-state index in [9.17, 15) is 27.2 Å². The van der Waals surface area contributed by atoms with Crippen molar-refractivity contribution >= 4 is 11.9 Å². The molecule has 4 rings (SSSR count). The lowest BCUT2D eigenvalue weighted by Crippen LogP contribution is -2.38. The van der Waals surface area contributed by atoms with Crippen LogP contribution in [0.4, 0.5) is 17.6 Å². The van der Waals surface area contributed by atoms with Gasteiger partial charge in [-0.1, -0.05) is 12.1 Å². The number of rotatable bonds is 5. The molecule has 0 radical (unpaired) electrons. The van der Waals surface area contributed by atoms with Crippen LogP contribution in [0.2, 0.25) is 0 Å². The van der Waals surface area contributed by atoms with E-state index in [1.165, 1.54) is 28.9 Å². The van der Waals surface area contributed by atoms with Gasteiger partial charge >= 0.3 is 12.1 Å². The van der Waals surface area contributed by atoms with Gasteiger partial charge in [0, 0.05) is 18.5 Å². The van der Waals surface area contributed by atoms with Crippen molar-refractivity contribution in [3.63, 3.8) is 0 Å². The van der Waals surface area contributed by atoms with E-state index in [0.29, 0.717) is 36.9 Å². The Bertz CT molecular complexity index is 1060. The number of alkyl halides is 3. The van der Waals surface area contributed by atoms with E-state index in [-0.39, 0.29) is 49.2 Å². The molecule has 34 heavy (non-hydrogen) atoms. The van der Waals surface area contributed by atoms with E-state index >= 15 is 0 Å². The number of amides is 1. The number of hydrogen-bond donors (Lipinski definition) is 1. The number of aliphatic carboxylic acids is 1. The van der Waals surface area contributed by atoms with Crippen molar-refractivity contribution in [3.8, 4) is 0 Å². The summed E-state index contributed by atoms with van der Waals surface area (Å²) < 4.78 is 55.8. The maximum absolute atomic E-state index is 13.7. The van der Waals surface area contributed by atoms with Gasteiger partial charge in [-0.25, -0.2) is 4.39 Å². The second-order valence-corrected chi connectivity index (χ2v) is 9.27. The smallest absolute Gasteiger partial charge is 0.435 e. The topological polar surface area (TPSA) is 75.4 Å². The van der Waals surface area contributed by atoms with Gasteiger partial charge in [-0.15, -0.1) is 0 Å². The Hall–Kier alpha value is -2.91. The molecular weight excluding hydrogens is 454 g/mol. The summed E-state index contributed by atoms with van der Waals surface area (Å²) in [7, 11) is 0. The standard InChI is InChI=1S/C24H27F4N3O3/c1-14(16-6-8-18(25)9-7-16)31-20-13-30(11-10-19(20)22(29-31)24(26,27)28)21(32)12-15-2-4-17(5-3-15)23(33)34/h6-9,14-15,17H,2-5,10-13H2,1H3,(H,33,34). The van der Waals surface area contributed by atoms with Crippen molar-refractivity contribution in [3.05, 3.63) is 52.6 Å². The molecule has 1 aromatic heterocycles. The van der Waals surface area contributed by atoms with E-state index in [1.54, 1.807) is 11.8 Å². The highest BCUT2D eigenvalue weighted by Gasteiger charge is 2.41. The van der Waals surface area contributed by atoms with E-state index < -0.39 is 29.7 Å². The van der Waals surface area contributed by atoms with Gasteiger partial charge in [-0.3, -0.25) is 14.3 Å². The fourth-order valence-electron chi connectivity index (χ4n) is 5.07. The summed E-state index contributed by atoms with van der Waals surface area (Å²) in [4.78, 5) is 25.7. The molecule has 2 heterocycles. The van der Waals surface area contributed by atoms with Crippen molar-refractivity contribution in [1.29, 1.82) is 0 Å². The fourth-order valence-corrected chi connectivity index (χ4v) is 5.07. The van der Waals surface area contributed by atoms with Gasteiger partial charge in [0.1, 0.15) is 5.82 Å². The number of nitrogens with zero attached hydrogens (tertiary/aromatic N) is 3. The molecule has 1 amide bonds. The molecule has 2 aromatic rings. The van der Waals surface area contributed by atoms with Gasteiger partial charge in [0.15, 0.2) is 5.69 Å². The second kappa shape index (κ2) is 9.38. The number of hydrogen-bond acceptors (Lipinski definition) is 3. The summed E-state index contributed by atoms with van der Waals surface area (Å²) in [6, 6.07) is 4.95. The van der Waals surface area contributed by atoms with Gasteiger partial charge in [0.05, 0.1) is 24.2 Å². The zero-order chi connectivity index (χ0) is 24.6. The molecule has 1 saturated carbocycles. The number of halogens is 4. The molecule has 1 aliphatic heterocycles. The zero-order valence-corrected chi connectivity index (χ0v) is 18.8. The third-order valence-corrected chi connectivity index (χ3v) is 7.09. The molecule has 6 nitrogen and oxygen atoms in total. The summed E-state index contributed by atoms with van der Waals surface area (Å²) in [6.45, 7) is 1.89. The minimum atomic E-state index is -4.62. The maximum atomic E-state index is 13.7. The van der Waals surface area contributed by atoms with Crippen molar-refractivity contribution < 1.29 is 32.3 Å². The van der Waals surface area contributed by atoms with Crippen molar-refractivity contribution in [1.82, 2.24) is 14.7 Å². The maximum Gasteiger partial charge on any atom is 0.435 e. The lowest BCUT2D eigenvalue weighted by Gasteiger charge is -2.32. The van der Waals surface area contributed by atoms with Gasteiger partial charge in [0.25, 0.3) is 0 Å². The van der Waals surface area contributed by atoms with E-state index in [0.717, 1.165) is 0 Å². The molecule has 0 spiro atoms. The number of benzene rings is 1. The van der Waals surface area contributed by atoms with E-state index in [2.05, 4.69) is 5.10 Å². The molecule has 1 aromatic carbocycles. The summed E-state index contributed by atoms with van der Waals surface area (Å²) in [5.41, 5.74) is 0.125. The average molecular weight is 481 g/mol. The van der Waals surface area contributed by atoms with Crippen LogP contribution in [0.1, 0.15) is 67.6 Å². The van der Waals surface area contributed by atoms with Crippen LogP contribution >= 0.6 is 0 Å². The fraction of sp³-hybridized carbons (Fsp3) is 0.542. The van der Waals surface area contributed by atoms with Crippen LogP contribution in [-0.4, -0.2) is 38.2 Å². The quantitative estimate of drug-likeness (QED) is 0.622. The lowest BCUT2D eigenvalue weighted by molar-refractivity contribution is -0.143. The van der Waals surface area contributed by atoms with Crippen LogP contribution in [-0.2, 0) is 28.7 Å². The first-order valence-electron chi connectivity index (χ1n) is 11.5. The predicted molar refractivity (Wildman–Crippen MR) is 114 cm³/mol. The Morgan fingerprint density at radius 2 is 1.79 bits per heavy atom. The molecule has 1 aliphatic carbocycles. The normalized spacial score (nSPS) is 21.7. The number of fused-ring (bicyclic) bond motifs is 1. The Kier molecular flexibility index (Phi) is 6.69. The van der Waals surface area contributed by atoms with Gasteiger partial charge in [0.2, 0.25) is 5.91 Å². The molecule has 2 aliphatic rings. The monoisotopic (exact) mass is 481 g/mol. The third kappa shape index (κ3) is 4.95. The minimum Gasteiger partial charge on any atom is -0.481 e. The predicted octanol–water partition coefficient (Wildman–Crippen LogP) is 4.82. The average Bonchev–Trinajstić information content (AvgIpc) is 3.19. The summed E-state index contributed by atoms with van der Waals surface area (Å²) >= 11 is 0. The van der Waals surface area contributed by atoms with Crippen LogP contribution in [0, 0.1) is 17.7 Å². The van der Waals surface area contributed by atoms with Crippen LogP contribution in [0.3, 0.4) is 0 Å². The first kappa shape index (κ1) is 24.2. The molecule has 1 fully saturated rings. The number of carboxylic acids is 1. The Labute approximate surface area is 194 Å². The molecule has 184 valence electrons. The number of carbonyl (C=O) groups excluding carboxylic acids is 1. The zero-order valence-electron chi connectivity index (χ0n) is 18.8. The largest absolute Gasteiger partial charge is 0.481 e. The van der Waals surface area contributed by atoms with Crippen molar-refractivity contribution in [2.45, 2.75) is 64.2 Å². The summed E-state index contributed by atoms with van der Waals surface area (Å²) in [5, 5.41) is 13.0. The first-order chi connectivity index (χ1) is 16.0. The second-order valence-electron chi connectivity index (χ2n) is 9.27. The molecule has 1 atom stereocenters. The van der Waals surface area contributed by atoms with E-state index in [1.807, 2.05) is 0 Å².